The van der Waals surface area contributed by atoms with E-state index in [1.54, 1.807) is 12.3 Å². The molecular weight excluding hydrogens is 360 g/mol. The van der Waals surface area contributed by atoms with E-state index in [1.807, 2.05) is 41.3 Å². The third-order valence-corrected chi connectivity index (χ3v) is 6.24. The molecule has 1 aliphatic heterocycles. The minimum absolute atomic E-state index is 0.0785. The average Bonchev–Trinajstić information content (AvgIpc) is 2.98. The fraction of sp³-hybridized carbons (Fsp3) is 0.409. The fourth-order valence-electron chi connectivity index (χ4n) is 4.69. The number of halogens is 1. The van der Waals surface area contributed by atoms with Crippen molar-refractivity contribution in [3.63, 3.8) is 0 Å². The van der Waals surface area contributed by atoms with Crippen molar-refractivity contribution in [1.29, 1.82) is 0 Å². The number of benzene rings is 1. The first-order valence-electron chi connectivity index (χ1n) is 9.59. The Morgan fingerprint density at radius 2 is 2.11 bits per heavy atom. The molecule has 2 atom stereocenters. The number of nitrogens with zero attached hydrogens (tertiary/aromatic N) is 2. The second-order valence-corrected chi connectivity index (χ2v) is 8.21. The van der Waals surface area contributed by atoms with Crippen molar-refractivity contribution in [2.24, 2.45) is 11.3 Å². The van der Waals surface area contributed by atoms with Gasteiger partial charge in [0, 0.05) is 29.9 Å². The van der Waals surface area contributed by atoms with Gasteiger partial charge in [-0.2, -0.15) is 0 Å². The van der Waals surface area contributed by atoms with Crippen LogP contribution in [0, 0.1) is 11.3 Å². The molecule has 1 aromatic heterocycles. The highest BCUT2D eigenvalue weighted by atomic mass is 35.5. The van der Waals surface area contributed by atoms with Crippen molar-refractivity contribution in [1.82, 2.24) is 4.98 Å². The molecular formula is C22H23ClN2O2. The van der Waals surface area contributed by atoms with E-state index in [1.165, 1.54) is 0 Å². The summed E-state index contributed by atoms with van der Waals surface area (Å²) in [6.07, 6.45) is 6.69. The highest BCUT2D eigenvalue weighted by Gasteiger charge is 2.49. The van der Waals surface area contributed by atoms with E-state index in [0.29, 0.717) is 17.1 Å². The molecule has 1 aliphatic carbocycles. The molecule has 2 heterocycles. The van der Waals surface area contributed by atoms with Gasteiger partial charge in [0.2, 0.25) is 5.91 Å². The lowest BCUT2D eigenvalue weighted by Gasteiger charge is -2.36. The predicted octanol–water partition coefficient (Wildman–Crippen LogP) is 4.92. The van der Waals surface area contributed by atoms with Gasteiger partial charge in [0.15, 0.2) is 5.78 Å². The SMILES string of the molecule is O=C(C[C@H]1CCC[C@]2(CCN(c3cccc(Cl)c3)C2=O)C1)c1ccccn1. The highest BCUT2D eigenvalue weighted by molar-refractivity contribution is 6.31. The number of carbonyl (C=O) groups excluding carboxylic acids is 2. The third kappa shape index (κ3) is 3.63. The summed E-state index contributed by atoms with van der Waals surface area (Å²) in [6, 6.07) is 12.9. The minimum Gasteiger partial charge on any atom is -0.312 e. The van der Waals surface area contributed by atoms with Crippen molar-refractivity contribution in [3.05, 3.63) is 59.4 Å². The molecule has 2 aliphatic rings. The van der Waals surface area contributed by atoms with Crippen LogP contribution in [0.4, 0.5) is 5.69 Å². The van der Waals surface area contributed by atoms with Crippen molar-refractivity contribution in [2.45, 2.75) is 38.5 Å². The van der Waals surface area contributed by atoms with Gasteiger partial charge in [0.1, 0.15) is 5.69 Å². The van der Waals surface area contributed by atoms with E-state index in [-0.39, 0.29) is 23.0 Å². The first-order valence-corrected chi connectivity index (χ1v) is 9.97. The van der Waals surface area contributed by atoms with E-state index in [9.17, 15) is 9.59 Å². The Hall–Kier alpha value is -2.20. The number of rotatable bonds is 4. The van der Waals surface area contributed by atoms with E-state index >= 15 is 0 Å². The van der Waals surface area contributed by atoms with Gasteiger partial charge in [-0.25, -0.2) is 0 Å². The molecule has 0 bridgehead atoms. The molecule has 4 nitrogen and oxygen atoms in total. The van der Waals surface area contributed by atoms with Crippen LogP contribution in [0.5, 0.6) is 0 Å². The Labute approximate surface area is 164 Å². The fourth-order valence-corrected chi connectivity index (χ4v) is 4.87. The van der Waals surface area contributed by atoms with Crippen LogP contribution < -0.4 is 4.90 Å². The van der Waals surface area contributed by atoms with Gasteiger partial charge >= 0.3 is 0 Å². The monoisotopic (exact) mass is 382 g/mol. The first kappa shape index (κ1) is 18.2. The molecule has 4 rings (SSSR count). The van der Waals surface area contributed by atoms with Crippen molar-refractivity contribution in [2.75, 3.05) is 11.4 Å². The summed E-state index contributed by atoms with van der Waals surface area (Å²) in [6.45, 7) is 0.722. The minimum atomic E-state index is -0.324. The normalized spacial score (nSPS) is 25.1. The molecule has 0 radical (unpaired) electrons. The number of ketones is 1. The van der Waals surface area contributed by atoms with Gasteiger partial charge in [0.25, 0.3) is 0 Å². The number of aromatic nitrogens is 1. The molecule has 1 aromatic carbocycles. The van der Waals surface area contributed by atoms with Gasteiger partial charge in [-0.3, -0.25) is 14.6 Å². The summed E-state index contributed by atoms with van der Waals surface area (Å²) in [5.74, 6) is 0.520. The molecule has 1 saturated carbocycles. The number of Topliss-reactive ketones (excluding diaryl/α,β-unsaturated/α-hetero) is 1. The quantitative estimate of drug-likeness (QED) is 0.705. The number of amides is 1. The van der Waals surface area contributed by atoms with Gasteiger partial charge in [-0.1, -0.05) is 30.2 Å². The molecule has 5 heteroatoms. The average molecular weight is 383 g/mol. The topological polar surface area (TPSA) is 50.3 Å². The summed E-state index contributed by atoms with van der Waals surface area (Å²) in [7, 11) is 0. The third-order valence-electron chi connectivity index (χ3n) is 6.00. The van der Waals surface area contributed by atoms with Gasteiger partial charge in [-0.05, 0) is 61.9 Å². The lowest BCUT2D eigenvalue weighted by molar-refractivity contribution is -0.128. The van der Waals surface area contributed by atoms with E-state index in [2.05, 4.69) is 4.98 Å². The van der Waals surface area contributed by atoms with Gasteiger partial charge in [-0.15, -0.1) is 0 Å². The van der Waals surface area contributed by atoms with Crippen molar-refractivity contribution in [3.8, 4) is 0 Å². The maximum absolute atomic E-state index is 13.3. The Bertz CT molecular complexity index is 854. The zero-order valence-electron chi connectivity index (χ0n) is 15.2. The zero-order valence-corrected chi connectivity index (χ0v) is 16.0. The van der Waals surface area contributed by atoms with E-state index in [0.717, 1.165) is 44.3 Å². The van der Waals surface area contributed by atoms with Crippen LogP contribution in [-0.4, -0.2) is 23.2 Å². The largest absolute Gasteiger partial charge is 0.312 e. The van der Waals surface area contributed by atoms with Crippen LogP contribution in [0.3, 0.4) is 0 Å². The lowest BCUT2D eigenvalue weighted by Crippen LogP contribution is -2.38. The Kier molecular flexibility index (Phi) is 5.00. The highest BCUT2D eigenvalue weighted by Crippen LogP contribution is 2.48. The molecule has 2 fully saturated rings. The molecule has 27 heavy (non-hydrogen) atoms. The first-order chi connectivity index (χ1) is 13.1. The maximum Gasteiger partial charge on any atom is 0.233 e. The van der Waals surface area contributed by atoms with E-state index in [4.69, 9.17) is 11.6 Å². The second kappa shape index (κ2) is 7.43. The number of hydrogen-bond donors (Lipinski definition) is 0. The molecule has 0 N–H and O–H groups in total. The van der Waals surface area contributed by atoms with Crippen LogP contribution in [0.1, 0.15) is 49.0 Å². The molecule has 140 valence electrons. The maximum atomic E-state index is 13.3. The van der Waals surface area contributed by atoms with Crippen LogP contribution in [0.25, 0.3) is 0 Å². The second-order valence-electron chi connectivity index (χ2n) is 7.77. The number of hydrogen-bond acceptors (Lipinski definition) is 3. The Balaban J connectivity index is 1.47. The van der Waals surface area contributed by atoms with Crippen LogP contribution in [-0.2, 0) is 4.79 Å². The Morgan fingerprint density at radius 3 is 2.89 bits per heavy atom. The smallest absolute Gasteiger partial charge is 0.233 e. The van der Waals surface area contributed by atoms with Crippen LogP contribution in [0.2, 0.25) is 5.02 Å². The summed E-state index contributed by atoms with van der Waals surface area (Å²) < 4.78 is 0. The zero-order chi connectivity index (χ0) is 18.9. The molecule has 0 unspecified atom stereocenters. The molecule has 1 spiro atoms. The summed E-state index contributed by atoms with van der Waals surface area (Å²) in [4.78, 5) is 31.9. The number of anilines is 1. The van der Waals surface area contributed by atoms with Crippen molar-refractivity contribution < 1.29 is 9.59 Å². The Morgan fingerprint density at radius 1 is 1.22 bits per heavy atom. The van der Waals surface area contributed by atoms with Gasteiger partial charge in [0.05, 0.1) is 5.41 Å². The lowest BCUT2D eigenvalue weighted by atomic mass is 9.67. The predicted molar refractivity (Wildman–Crippen MR) is 106 cm³/mol. The summed E-state index contributed by atoms with van der Waals surface area (Å²) >= 11 is 6.11. The summed E-state index contributed by atoms with van der Waals surface area (Å²) in [5.41, 5.74) is 1.07. The molecule has 1 amide bonds. The molecule has 1 saturated heterocycles. The number of carbonyl (C=O) groups is 2. The standard InChI is InChI=1S/C22H23ClN2O2/c23-17-6-3-7-18(14-17)25-12-10-22(21(25)27)9-4-5-16(15-22)13-20(26)19-8-1-2-11-24-19/h1-3,6-8,11,14,16H,4-5,9-10,12-13,15H2/t16-,22+/m1/s1. The van der Waals surface area contributed by atoms with E-state index < -0.39 is 0 Å². The van der Waals surface area contributed by atoms with Gasteiger partial charge < -0.3 is 4.90 Å². The van der Waals surface area contributed by atoms with Crippen LogP contribution >= 0.6 is 11.6 Å². The summed E-state index contributed by atoms with van der Waals surface area (Å²) in [5, 5.41) is 0.642. The van der Waals surface area contributed by atoms with Crippen LogP contribution in [0.15, 0.2) is 48.7 Å². The number of pyridine rings is 1. The molecule has 2 aromatic rings. The van der Waals surface area contributed by atoms with Crippen molar-refractivity contribution >= 4 is 29.0 Å².